The van der Waals surface area contributed by atoms with Gasteiger partial charge in [0.2, 0.25) is 0 Å². The zero-order valence-electron chi connectivity index (χ0n) is 14.1. The van der Waals surface area contributed by atoms with E-state index in [1.807, 2.05) is 0 Å². The number of benzene rings is 1. The number of anilines is 1. The van der Waals surface area contributed by atoms with Crippen LogP contribution in [-0.2, 0) is 10.0 Å². The molecular weight excluding hydrogens is 364 g/mol. The number of ether oxygens (including phenoxy) is 1. The fourth-order valence-electron chi connectivity index (χ4n) is 2.92. The molecule has 7 nitrogen and oxygen atoms in total. The van der Waals surface area contributed by atoms with Crippen molar-refractivity contribution in [2.75, 3.05) is 17.5 Å². The Hall–Kier alpha value is -3.44. The highest BCUT2D eigenvalue weighted by Gasteiger charge is 2.32. The topological polar surface area (TPSA) is 96.2 Å². The van der Waals surface area contributed by atoms with Crippen molar-refractivity contribution in [3.8, 4) is 22.9 Å². The van der Waals surface area contributed by atoms with Crippen molar-refractivity contribution >= 4 is 15.7 Å². The van der Waals surface area contributed by atoms with E-state index in [1.54, 1.807) is 36.5 Å². The summed E-state index contributed by atoms with van der Waals surface area (Å²) in [6, 6.07) is 12.1. The van der Waals surface area contributed by atoms with Gasteiger partial charge in [-0.3, -0.25) is 14.3 Å². The number of hydrogen-bond donors (Lipinski definition) is 0. The number of aromatic nitrogens is 2. The van der Waals surface area contributed by atoms with E-state index in [9.17, 15) is 8.42 Å². The van der Waals surface area contributed by atoms with E-state index in [4.69, 9.17) is 10.00 Å². The summed E-state index contributed by atoms with van der Waals surface area (Å²) in [5, 5.41) is 8.96. The molecule has 0 radical (unpaired) electrons. The van der Waals surface area contributed by atoms with Crippen LogP contribution in [-0.4, -0.2) is 31.5 Å². The maximum absolute atomic E-state index is 13.0. The fourth-order valence-corrected chi connectivity index (χ4v) is 4.33. The summed E-state index contributed by atoms with van der Waals surface area (Å²) in [7, 11) is -3.78. The average Bonchev–Trinajstić information content (AvgIpc) is 2.73. The number of sulfonamides is 1. The van der Waals surface area contributed by atoms with Crippen LogP contribution in [0.3, 0.4) is 0 Å². The van der Waals surface area contributed by atoms with Gasteiger partial charge in [0.05, 0.1) is 24.4 Å². The highest BCUT2D eigenvalue weighted by atomic mass is 32.2. The quantitative estimate of drug-likeness (QED) is 0.695. The van der Waals surface area contributed by atoms with Crippen molar-refractivity contribution < 1.29 is 13.2 Å². The Bertz CT molecular complexity index is 1120. The van der Waals surface area contributed by atoms with Crippen LogP contribution in [0.2, 0.25) is 0 Å². The SMILES string of the molecule is N#Cc1ccc(-c2cncc3c2OCCN3S(=O)(=O)c2cccnc2)cc1. The van der Waals surface area contributed by atoms with Gasteiger partial charge in [-0.25, -0.2) is 8.42 Å². The Balaban J connectivity index is 1.81. The highest BCUT2D eigenvalue weighted by Crippen LogP contribution is 2.41. The van der Waals surface area contributed by atoms with Gasteiger partial charge in [0.15, 0.2) is 5.75 Å². The second kappa shape index (κ2) is 6.70. The first-order valence-corrected chi connectivity index (χ1v) is 9.59. The lowest BCUT2D eigenvalue weighted by atomic mass is 10.0. The monoisotopic (exact) mass is 378 g/mol. The maximum atomic E-state index is 13.0. The number of hydrogen-bond acceptors (Lipinski definition) is 6. The first-order chi connectivity index (χ1) is 13.1. The first-order valence-electron chi connectivity index (χ1n) is 8.15. The van der Waals surface area contributed by atoms with Crippen molar-refractivity contribution in [2.45, 2.75) is 4.90 Å². The van der Waals surface area contributed by atoms with E-state index >= 15 is 0 Å². The molecule has 1 aliphatic heterocycles. The Labute approximate surface area is 156 Å². The van der Waals surface area contributed by atoms with Crippen molar-refractivity contribution in [3.63, 3.8) is 0 Å². The minimum absolute atomic E-state index is 0.113. The van der Waals surface area contributed by atoms with Crippen LogP contribution in [0.15, 0.2) is 66.1 Å². The smallest absolute Gasteiger partial charge is 0.266 e. The van der Waals surface area contributed by atoms with E-state index in [0.29, 0.717) is 22.6 Å². The molecule has 0 unspecified atom stereocenters. The Morgan fingerprint density at radius 1 is 1.07 bits per heavy atom. The molecule has 4 rings (SSSR count). The second-order valence-corrected chi connectivity index (χ2v) is 7.70. The number of rotatable bonds is 3. The molecule has 0 saturated carbocycles. The van der Waals surface area contributed by atoms with Crippen LogP contribution >= 0.6 is 0 Å². The molecule has 0 atom stereocenters. The lowest BCUT2D eigenvalue weighted by Crippen LogP contribution is -2.38. The van der Waals surface area contributed by atoms with Crippen LogP contribution in [0.1, 0.15) is 5.56 Å². The van der Waals surface area contributed by atoms with Gasteiger partial charge in [-0.05, 0) is 29.8 Å². The number of fused-ring (bicyclic) bond motifs is 1. The van der Waals surface area contributed by atoms with Crippen LogP contribution < -0.4 is 9.04 Å². The fraction of sp³-hybridized carbons (Fsp3) is 0.105. The molecule has 3 heterocycles. The molecule has 27 heavy (non-hydrogen) atoms. The minimum atomic E-state index is -3.78. The molecule has 0 spiro atoms. The van der Waals surface area contributed by atoms with Crippen molar-refractivity contribution in [1.82, 2.24) is 9.97 Å². The van der Waals surface area contributed by atoms with Gasteiger partial charge >= 0.3 is 0 Å². The first kappa shape index (κ1) is 17.0. The van der Waals surface area contributed by atoms with Gasteiger partial charge in [-0.1, -0.05) is 12.1 Å². The Kier molecular flexibility index (Phi) is 4.22. The molecule has 1 aromatic carbocycles. The van der Waals surface area contributed by atoms with Gasteiger partial charge in [-0.2, -0.15) is 5.26 Å². The summed E-state index contributed by atoms with van der Waals surface area (Å²) in [4.78, 5) is 8.22. The Morgan fingerprint density at radius 2 is 1.89 bits per heavy atom. The molecule has 8 heteroatoms. The van der Waals surface area contributed by atoms with Crippen molar-refractivity contribution in [2.24, 2.45) is 0 Å². The van der Waals surface area contributed by atoms with E-state index in [0.717, 1.165) is 5.56 Å². The molecular formula is C19H14N4O3S. The summed E-state index contributed by atoms with van der Waals surface area (Å²) in [5.41, 5.74) is 2.38. The van der Waals surface area contributed by atoms with Gasteiger partial charge < -0.3 is 4.74 Å². The van der Waals surface area contributed by atoms with Crippen LogP contribution in [0, 0.1) is 11.3 Å². The molecule has 0 amide bonds. The maximum Gasteiger partial charge on any atom is 0.266 e. The average molecular weight is 378 g/mol. The molecule has 0 bridgehead atoms. The summed E-state index contributed by atoms with van der Waals surface area (Å²) in [6.07, 6.45) is 5.95. The third-order valence-corrected chi connectivity index (χ3v) is 6.03. The van der Waals surface area contributed by atoms with E-state index in [1.165, 1.54) is 29.0 Å². The van der Waals surface area contributed by atoms with Gasteiger partial charge in [-0.15, -0.1) is 0 Å². The molecule has 1 aliphatic rings. The number of pyridine rings is 2. The van der Waals surface area contributed by atoms with E-state index in [-0.39, 0.29) is 18.0 Å². The van der Waals surface area contributed by atoms with Crippen molar-refractivity contribution in [1.29, 1.82) is 5.26 Å². The van der Waals surface area contributed by atoms with Crippen LogP contribution in [0.5, 0.6) is 5.75 Å². The summed E-state index contributed by atoms with van der Waals surface area (Å²) in [5.74, 6) is 0.452. The zero-order valence-corrected chi connectivity index (χ0v) is 14.9. The van der Waals surface area contributed by atoms with Gasteiger partial charge in [0, 0.05) is 24.2 Å². The largest absolute Gasteiger partial charge is 0.489 e. The molecule has 0 aliphatic carbocycles. The molecule has 3 aromatic rings. The van der Waals surface area contributed by atoms with E-state index < -0.39 is 10.0 Å². The number of nitrogens with zero attached hydrogens (tertiary/aromatic N) is 4. The molecule has 134 valence electrons. The van der Waals surface area contributed by atoms with E-state index in [2.05, 4.69) is 16.0 Å². The standard InChI is InChI=1S/C19H14N4O3S/c20-10-14-3-5-15(6-4-14)17-12-22-13-18-19(17)26-9-8-23(18)27(24,25)16-2-1-7-21-11-16/h1-7,11-13H,8-9H2. The Morgan fingerprint density at radius 3 is 2.59 bits per heavy atom. The lowest BCUT2D eigenvalue weighted by molar-refractivity contribution is 0.316. The highest BCUT2D eigenvalue weighted by molar-refractivity contribution is 7.92. The second-order valence-electron chi connectivity index (χ2n) is 5.84. The predicted molar refractivity (Wildman–Crippen MR) is 98.7 cm³/mol. The molecule has 0 saturated heterocycles. The summed E-state index contributed by atoms with van der Waals surface area (Å²) in [6.45, 7) is 0.405. The lowest BCUT2D eigenvalue weighted by Gasteiger charge is -2.31. The third kappa shape index (κ3) is 2.98. The van der Waals surface area contributed by atoms with Crippen LogP contribution in [0.25, 0.3) is 11.1 Å². The number of nitriles is 1. The minimum Gasteiger partial charge on any atom is -0.489 e. The summed E-state index contributed by atoms with van der Waals surface area (Å²) < 4.78 is 33.2. The van der Waals surface area contributed by atoms with Gasteiger partial charge in [0.1, 0.15) is 17.2 Å². The van der Waals surface area contributed by atoms with Crippen molar-refractivity contribution in [3.05, 3.63) is 66.7 Å². The molecule has 2 aromatic heterocycles. The third-order valence-electron chi connectivity index (χ3n) is 4.23. The van der Waals surface area contributed by atoms with Crippen LogP contribution in [0.4, 0.5) is 5.69 Å². The predicted octanol–water partition coefficient (Wildman–Crippen LogP) is 2.60. The zero-order chi connectivity index (χ0) is 18.9. The molecule has 0 fully saturated rings. The van der Waals surface area contributed by atoms with Gasteiger partial charge in [0.25, 0.3) is 10.0 Å². The summed E-state index contributed by atoms with van der Waals surface area (Å²) >= 11 is 0. The molecule has 0 N–H and O–H groups in total. The normalized spacial score (nSPS) is 13.4.